The molecule has 1 saturated heterocycles. The van der Waals surface area contributed by atoms with E-state index < -0.39 is 0 Å². The third-order valence-corrected chi connectivity index (χ3v) is 4.35. The van der Waals surface area contributed by atoms with E-state index in [1.54, 1.807) is 0 Å². The van der Waals surface area contributed by atoms with E-state index in [0.717, 1.165) is 12.5 Å². The average Bonchev–Trinajstić information content (AvgIpc) is 2.63. The summed E-state index contributed by atoms with van der Waals surface area (Å²) in [5.74, 6) is 1.01. The fourth-order valence-electron chi connectivity index (χ4n) is 2.97. The first-order chi connectivity index (χ1) is 8.86. The standard InChI is InChI=1S/C16H34N2/c1-3-16-10-9-14-18(15-11-16)13-8-6-5-7-12-17-4-2/h16-17H,3-15H2,1-2H3. The molecule has 0 spiro atoms. The largest absolute Gasteiger partial charge is 0.317 e. The lowest BCUT2D eigenvalue weighted by Gasteiger charge is -2.19. The summed E-state index contributed by atoms with van der Waals surface area (Å²) in [5.41, 5.74) is 0. The number of nitrogens with zero attached hydrogens (tertiary/aromatic N) is 1. The molecule has 0 aromatic heterocycles. The summed E-state index contributed by atoms with van der Waals surface area (Å²) in [5, 5.41) is 3.40. The highest BCUT2D eigenvalue weighted by Gasteiger charge is 2.14. The maximum absolute atomic E-state index is 3.40. The Morgan fingerprint density at radius 2 is 1.83 bits per heavy atom. The van der Waals surface area contributed by atoms with E-state index >= 15 is 0 Å². The van der Waals surface area contributed by atoms with Gasteiger partial charge in [-0.25, -0.2) is 0 Å². The van der Waals surface area contributed by atoms with Gasteiger partial charge in [-0.05, 0) is 70.7 Å². The second kappa shape index (κ2) is 10.8. The van der Waals surface area contributed by atoms with Gasteiger partial charge < -0.3 is 10.2 Å². The van der Waals surface area contributed by atoms with Crippen molar-refractivity contribution in [2.45, 2.75) is 65.2 Å². The Morgan fingerprint density at radius 1 is 1.00 bits per heavy atom. The van der Waals surface area contributed by atoms with Crippen LogP contribution in [0.4, 0.5) is 0 Å². The third kappa shape index (κ3) is 7.38. The van der Waals surface area contributed by atoms with Gasteiger partial charge in [0.15, 0.2) is 0 Å². The predicted octanol–water partition coefficient (Wildman–Crippen LogP) is 3.67. The van der Waals surface area contributed by atoms with Crippen molar-refractivity contribution >= 4 is 0 Å². The molecule has 1 aliphatic heterocycles. The molecule has 1 fully saturated rings. The minimum atomic E-state index is 1.01. The highest BCUT2D eigenvalue weighted by Crippen LogP contribution is 2.20. The Balaban J connectivity index is 1.95. The first kappa shape index (κ1) is 16.0. The van der Waals surface area contributed by atoms with E-state index in [-0.39, 0.29) is 0 Å². The molecule has 0 bridgehead atoms. The SMILES string of the molecule is CCNCCCCCCN1CCCC(CC)CC1. The Morgan fingerprint density at radius 3 is 2.61 bits per heavy atom. The molecule has 108 valence electrons. The fourth-order valence-corrected chi connectivity index (χ4v) is 2.97. The van der Waals surface area contributed by atoms with Gasteiger partial charge in [-0.1, -0.05) is 33.1 Å². The quantitative estimate of drug-likeness (QED) is 0.632. The number of unbranched alkanes of at least 4 members (excludes halogenated alkanes) is 3. The van der Waals surface area contributed by atoms with Crippen molar-refractivity contribution in [3.8, 4) is 0 Å². The topological polar surface area (TPSA) is 15.3 Å². The molecule has 1 atom stereocenters. The Labute approximate surface area is 115 Å². The van der Waals surface area contributed by atoms with E-state index in [4.69, 9.17) is 0 Å². The zero-order valence-corrected chi connectivity index (χ0v) is 12.7. The number of rotatable bonds is 9. The molecule has 1 aliphatic rings. The average molecular weight is 254 g/mol. The van der Waals surface area contributed by atoms with Crippen LogP contribution in [0.25, 0.3) is 0 Å². The predicted molar refractivity (Wildman–Crippen MR) is 81.1 cm³/mol. The Bertz CT molecular complexity index is 182. The molecular weight excluding hydrogens is 220 g/mol. The van der Waals surface area contributed by atoms with Crippen molar-refractivity contribution in [2.24, 2.45) is 5.92 Å². The van der Waals surface area contributed by atoms with Crippen LogP contribution in [0.1, 0.15) is 65.2 Å². The van der Waals surface area contributed by atoms with Crippen molar-refractivity contribution in [2.75, 3.05) is 32.7 Å². The first-order valence-electron chi connectivity index (χ1n) is 8.29. The lowest BCUT2D eigenvalue weighted by Crippen LogP contribution is -2.26. The molecule has 1 rings (SSSR count). The van der Waals surface area contributed by atoms with Crippen LogP contribution in [-0.4, -0.2) is 37.6 Å². The maximum Gasteiger partial charge on any atom is -0.00161 e. The lowest BCUT2D eigenvalue weighted by atomic mass is 9.98. The summed E-state index contributed by atoms with van der Waals surface area (Å²) in [4.78, 5) is 2.71. The minimum absolute atomic E-state index is 1.01. The molecule has 0 aliphatic carbocycles. The molecular formula is C16H34N2. The number of hydrogen-bond donors (Lipinski definition) is 1. The van der Waals surface area contributed by atoms with Crippen molar-refractivity contribution in [1.82, 2.24) is 10.2 Å². The Kier molecular flexibility index (Phi) is 9.59. The Hall–Kier alpha value is -0.0800. The second-order valence-electron chi connectivity index (χ2n) is 5.81. The van der Waals surface area contributed by atoms with Crippen molar-refractivity contribution < 1.29 is 0 Å². The zero-order chi connectivity index (χ0) is 13.1. The van der Waals surface area contributed by atoms with Crippen LogP contribution in [-0.2, 0) is 0 Å². The van der Waals surface area contributed by atoms with Gasteiger partial charge in [0.1, 0.15) is 0 Å². The van der Waals surface area contributed by atoms with Gasteiger partial charge in [0.2, 0.25) is 0 Å². The molecule has 1 unspecified atom stereocenters. The van der Waals surface area contributed by atoms with Crippen LogP contribution in [0.2, 0.25) is 0 Å². The van der Waals surface area contributed by atoms with Gasteiger partial charge in [-0.15, -0.1) is 0 Å². The van der Waals surface area contributed by atoms with E-state index in [1.807, 2.05) is 0 Å². The van der Waals surface area contributed by atoms with Crippen molar-refractivity contribution in [3.63, 3.8) is 0 Å². The zero-order valence-electron chi connectivity index (χ0n) is 12.7. The van der Waals surface area contributed by atoms with E-state index in [1.165, 1.54) is 77.5 Å². The summed E-state index contributed by atoms with van der Waals surface area (Å²) >= 11 is 0. The highest BCUT2D eigenvalue weighted by atomic mass is 15.1. The van der Waals surface area contributed by atoms with Gasteiger partial charge in [0.05, 0.1) is 0 Å². The second-order valence-corrected chi connectivity index (χ2v) is 5.81. The summed E-state index contributed by atoms with van der Waals surface area (Å²) < 4.78 is 0. The van der Waals surface area contributed by atoms with Crippen molar-refractivity contribution in [3.05, 3.63) is 0 Å². The molecule has 1 N–H and O–H groups in total. The van der Waals surface area contributed by atoms with E-state index in [2.05, 4.69) is 24.1 Å². The van der Waals surface area contributed by atoms with Gasteiger partial charge >= 0.3 is 0 Å². The van der Waals surface area contributed by atoms with Crippen LogP contribution < -0.4 is 5.32 Å². The molecule has 0 amide bonds. The molecule has 2 nitrogen and oxygen atoms in total. The molecule has 0 radical (unpaired) electrons. The fraction of sp³-hybridized carbons (Fsp3) is 1.00. The lowest BCUT2D eigenvalue weighted by molar-refractivity contribution is 0.273. The maximum atomic E-state index is 3.40. The molecule has 18 heavy (non-hydrogen) atoms. The van der Waals surface area contributed by atoms with Crippen LogP contribution in [0.3, 0.4) is 0 Å². The van der Waals surface area contributed by atoms with Gasteiger partial charge in [0, 0.05) is 0 Å². The number of hydrogen-bond acceptors (Lipinski definition) is 2. The van der Waals surface area contributed by atoms with Crippen LogP contribution >= 0.6 is 0 Å². The monoisotopic (exact) mass is 254 g/mol. The van der Waals surface area contributed by atoms with Gasteiger partial charge in [-0.3, -0.25) is 0 Å². The summed E-state index contributed by atoms with van der Waals surface area (Å²) in [6.07, 6.45) is 11.3. The molecule has 0 saturated carbocycles. The molecule has 0 aromatic carbocycles. The summed E-state index contributed by atoms with van der Waals surface area (Å²) in [7, 11) is 0. The van der Waals surface area contributed by atoms with Crippen molar-refractivity contribution in [1.29, 1.82) is 0 Å². The molecule has 1 heterocycles. The van der Waals surface area contributed by atoms with Crippen LogP contribution in [0, 0.1) is 5.92 Å². The van der Waals surface area contributed by atoms with Gasteiger partial charge in [-0.2, -0.15) is 0 Å². The minimum Gasteiger partial charge on any atom is -0.317 e. The third-order valence-electron chi connectivity index (χ3n) is 4.35. The highest BCUT2D eigenvalue weighted by molar-refractivity contribution is 4.69. The normalized spacial score (nSPS) is 22.0. The van der Waals surface area contributed by atoms with Crippen LogP contribution in [0.15, 0.2) is 0 Å². The van der Waals surface area contributed by atoms with E-state index in [9.17, 15) is 0 Å². The number of nitrogens with one attached hydrogen (secondary N) is 1. The number of likely N-dealkylation sites (tertiary alicyclic amines) is 1. The van der Waals surface area contributed by atoms with E-state index in [0.29, 0.717) is 0 Å². The molecule has 2 heteroatoms. The first-order valence-corrected chi connectivity index (χ1v) is 8.29. The van der Waals surface area contributed by atoms with Crippen LogP contribution in [0.5, 0.6) is 0 Å². The molecule has 0 aromatic rings. The summed E-state index contributed by atoms with van der Waals surface area (Å²) in [6.45, 7) is 10.9. The van der Waals surface area contributed by atoms with Gasteiger partial charge in [0.25, 0.3) is 0 Å². The smallest absolute Gasteiger partial charge is 0.00161 e. The summed E-state index contributed by atoms with van der Waals surface area (Å²) in [6, 6.07) is 0.